The molecule has 1 aliphatic rings. The molecule has 0 amide bonds. The van der Waals surface area contributed by atoms with Gasteiger partial charge >= 0.3 is 0 Å². The lowest BCUT2D eigenvalue weighted by atomic mass is 10.1. The predicted octanol–water partition coefficient (Wildman–Crippen LogP) is 1.31. The lowest BCUT2D eigenvalue weighted by Crippen LogP contribution is -2.45. The van der Waals surface area contributed by atoms with Crippen LogP contribution < -0.4 is 5.32 Å². The maximum absolute atomic E-state index is 5.42. The molecule has 6 nitrogen and oxygen atoms in total. The normalized spacial score (nSPS) is 22.6. The minimum atomic E-state index is 0.247. The smallest absolute Gasteiger partial charge is 0.226 e. The van der Waals surface area contributed by atoms with Crippen molar-refractivity contribution in [3.05, 3.63) is 11.7 Å². The van der Waals surface area contributed by atoms with Gasteiger partial charge in [-0.25, -0.2) is 0 Å². The van der Waals surface area contributed by atoms with Gasteiger partial charge in [0.25, 0.3) is 0 Å². The first kappa shape index (κ1) is 16.4. The summed E-state index contributed by atoms with van der Waals surface area (Å²) in [6.07, 6.45) is 3.04. The van der Waals surface area contributed by atoms with Crippen LogP contribution in [0, 0.1) is 0 Å². The van der Waals surface area contributed by atoms with Crippen LogP contribution in [0.2, 0.25) is 0 Å². The number of nitrogens with one attached hydrogen (secondary N) is 1. The Balaban J connectivity index is 1.86. The second kappa shape index (κ2) is 7.87. The van der Waals surface area contributed by atoms with Crippen molar-refractivity contribution in [3.8, 4) is 0 Å². The molecule has 21 heavy (non-hydrogen) atoms. The van der Waals surface area contributed by atoms with Crippen LogP contribution in [-0.2, 0) is 6.42 Å². The van der Waals surface area contributed by atoms with Gasteiger partial charge in [-0.2, -0.15) is 4.98 Å². The molecular weight excluding hydrogens is 266 g/mol. The standard InChI is InChI=1S/C15H29N5O/c1-5-8-16-12(2)6-7-14-17-15(18-21-14)13-11-19(3)9-10-20(13)4/h12-13,16H,5-11H2,1-4H3. The first-order valence-electron chi connectivity index (χ1n) is 8.04. The maximum Gasteiger partial charge on any atom is 0.226 e. The molecule has 2 heterocycles. The van der Waals surface area contributed by atoms with Crippen molar-refractivity contribution < 1.29 is 4.52 Å². The number of piperazine rings is 1. The molecule has 0 bridgehead atoms. The average molecular weight is 295 g/mol. The van der Waals surface area contributed by atoms with Crippen molar-refractivity contribution in [2.75, 3.05) is 40.3 Å². The van der Waals surface area contributed by atoms with E-state index >= 15 is 0 Å². The number of nitrogens with zero attached hydrogens (tertiary/aromatic N) is 4. The molecule has 0 aromatic carbocycles. The number of likely N-dealkylation sites (N-methyl/N-ethyl adjacent to an activating group) is 2. The van der Waals surface area contributed by atoms with E-state index in [1.165, 1.54) is 0 Å². The summed E-state index contributed by atoms with van der Waals surface area (Å²) in [4.78, 5) is 9.22. The van der Waals surface area contributed by atoms with E-state index in [4.69, 9.17) is 4.52 Å². The summed E-state index contributed by atoms with van der Waals surface area (Å²) >= 11 is 0. The van der Waals surface area contributed by atoms with Crippen molar-refractivity contribution in [1.82, 2.24) is 25.3 Å². The highest BCUT2D eigenvalue weighted by molar-refractivity contribution is 4.98. The molecule has 6 heteroatoms. The highest BCUT2D eigenvalue weighted by Crippen LogP contribution is 2.21. The van der Waals surface area contributed by atoms with Crippen molar-refractivity contribution in [1.29, 1.82) is 0 Å². The van der Waals surface area contributed by atoms with Crippen molar-refractivity contribution in [3.63, 3.8) is 0 Å². The predicted molar refractivity (Wildman–Crippen MR) is 83.2 cm³/mol. The van der Waals surface area contributed by atoms with E-state index in [9.17, 15) is 0 Å². The third-order valence-electron chi connectivity index (χ3n) is 4.17. The Kier molecular flexibility index (Phi) is 6.14. The molecule has 120 valence electrons. The van der Waals surface area contributed by atoms with E-state index in [2.05, 4.69) is 53.2 Å². The Morgan fingerprint density at radius 1 is 1.38 bits per heavy atom. The third kappa shape index (κ3) is 4.76. The van der Waals surface area contributed by atoms with E-state index in [0.717, 1.165) is 57.2 Å². The summed E-state index contributed by atoms with van der Waals surface area (Å²) in [5, 5.41) is 7.67. The molecule has 0 radical (unpaired) electrons. The Morgan fingerprint density at radius 3 is 2.95 bits per heavy atom. The number of hydrogen-bond acceptors (Lipinski definition) is 6. The van der Waals surface area contributed by atoms with Crippen LogP contribution in [0.4, 0.5) is 0 Å². The molecule has 2 atom stereocenters. The van der Waals surface area contributed by atoms with Gasteiger partial charge in [0.2, 0.25) is 5.89 Å². The van der Waals surface area contributed by atoms with Gasteiger partial charge in [-0.1, -0.05) is 12.1 Å². The number of hydrogen-bond donors (Lipinski definition) is 1. The van der Waals surface area contributed by atoms with Crippen LogP contribution in [0.1, 0.15) is 44.4 Å². The highest BCUT2D eigenvalue weighted by Gasteiger charge is 2.27. The van der Waals surface area contributed by atoms with E-state index in [-0.39, 0.29) is 6.04 Å². The zero-order valence-electron chi connectivity index (χ0n) is 13.8. The van der Waals surface area contributed by atoms with E-state index in [1.54, 1.807) is 0 Å². The van der Waals surface area contributed by atoms with Crippen LogP contribution in [0.5, 0.6) is 0 Å². The van der Waals surface area contributed by atoms with Crippen molar-refractivity contribution in [2.45, 2.75) is 45.2 Å². The molecule has 1 fully saturated rings. The van der Waals surface area contributed by atoms with Gasteiger partial charge in [0, 0.05) is 32.1 Å². The zero-order chi connectivity index (χ0) is 15.2. The Hall–Kier alpha value is -0.980. The van der Waals surface area contributed by atoms with Gasteiger partial charge in [0.05, 0.1) is 6.04 Å². The van der Waals surface area contributed by atoms with Gasteiger partial charge < -0.3 is 14.7 Å². The van der Waals surface area contributed by atoms with Crippen LogP contribution in [0.25, 0.3) is 0 Å². The van der Waals surface area contributed by atoms with E-state index in [0.29, 0.717) is 6.04 Å². The van der Waals surface area contributed by atoms with Crippen molar-refractivity contribution in [2.24, 2.45) is 0 Å². The number of aromatic nitrogens is 2. The molecular formula is C15H29N5O. The molecule has 1 saturated heterocycles. The third-order valence-corrected chi connectivity index (χ3v) is 4.17. The fourth-order valence-corrected chi connectivity index (χ4v) is 2.63. The summed E-state index contributed by atoms with van der Waals surface area (Å²) < 4.78 is 5.42. The molecule has 1 N–H and O–H groups in total. The minimum absolute atomic E-state index is 0.247. The largest absolute Gasteiger partial charge is 0.339 e. The molecule has 0 spiro atoms. The first-order valence-corrected chi connectivity index (χ1v) is 8.04. The van der Waals surface area contributed by atoms with E-state index < -0.39 is 0 Å². The van der Waals surface area contributed by atoms with Gasteiger partial charge in [-0.05, 0) is 40.4 Å². The topological polar surface area (TPSA) is 57.4 Å². The van der Waals surface area contributed by atoms with Gasteiger partial charge in [0.1, 0.15) is 0 Å². The van der Waals surface area contributed by atoms with Crippen molar-refractivity contribution >= 4 is 0 Å². The fourth-order valence-electron chi connectivity index (χ4n) is 2.63. The van der Waals surface area contributed by atoms with Crippen LogP contribution >= 0.6 is 0 Å². The lowest BCUT2D eigenvalue weighted by Gasteiger charge is -2.35. The highest BCUT2D eigenvalue weighted by atomic mass is 16.5. The summed E-state index contributed by atoms with van der Waals surface area (Å²) in [5.74, 6) is 1.59. The lowest BCUT2D eigenvalue weighted by molar-refractivity contribution is 0.108. The Morgan fingerprint density at radius 2 is 2.19 bits per heavy atom. The monoisotopic (exact) mass is 295 g/mol. The molecule has 1 aromatic heterocycles. The van der Waals surface area contributed by atoms with E-state index in [1.807, 2.05) is 0 Å². The average Bonchev–Trinajstić information content (AvgIpc) is 2.94. The summed E-state index contributed by atoms with van der Waals surface area (Å²) in [5.41, 5.74) is 0. The van der Waals surface area contributed by atoms with Crippen LogP contribution in [-0.4, -0.2) is 66.3 Å². The molecule has 0 saturated carbocycles. The molecule has 2 rings (SSSR count). The van der Waals surface area contributed by atoms with Gasteiger partial charge in [0.15, 0.2) is 5.82 Å². The fraction of sp³-hybridized carbons (Fsp3) is 0.867. The van der Waals surface area contributed by atoms with Gasteiger partial charge in [-0.15, -0.1) is 0 Å². The molecule has 1 aromatic rings. The second-order valence-corrected chi connectivity index (χ2v) is 6.20. The SMILES string of the molecule is CCCNC(C)CCc1nc(C2CN(C)CCN2C)no1. The first-order chi connectivity index (χ1) is 10.1. The number of rotatable bonds is 7. The Bertz CT molecular complexity index is 422. The quantitative estimate of drug-likeness (QED) is 0.818. The van der Waals surface area contributed by atoms with Gasteiger partial charge in [-0.3, -0.25) is 4.90 Å². The molecule has 0 aliphatic carbocycles. The van der Waals surface area contributed by atoms with Crippen LogP contribution in [0.3, 0.4) is 0 Å². The minimum Gasteiger partial charge on any atom is -0.339 e. The summed E-state index contributed by atoms with van der Waals surface area (Å²) in [6.45, 7) is 8.55. The summed E-state index contributed by atoms with van der Waals surface area (Å²) in [7, 11) is 4.27. The summed E-state index contributed by atoms with van der Waals surface area (Å²) in [6, 6.07) is 0.737. The second-order valence-electron chi connectivity index (χ2n) is 6.20. The number of aryl methyl sites for hydroxylation is 1. The van der Waals surface area contributed by atoms with Crippen LogP contribution in [0.15, 0.2) is 4.52 Å². The Labute approximate surface area is 127 Å². The molecule has 2 unspecified atom stereocenters. The zero-order valence-corrected chi connectivity index (χ0v) is 13.8. The molecule has 1 aliphatic heterocycles. The maximum atomic E-state index is 5.42.